The molecule has 0 unspecified atom stereocenters. The third-order valence-electron chi connectivity index (χ3n) is 3.01. The molecule has 0 atom stereocenters. The zero-order valence-electron chi connectivity index (χ0n) is 11.8. The third kappa shape index (κ3) is 2.69. The number of aryl methyl sites for hydroxylation is 1. The first-order chi connectivity index (χ1) is 10.2. The van der Waals surface area contributed by atoms with Gasteiger partial charge < -0.3 is 15.8 Å². The summed E-state index contributed by atoms with van der Waals surface area (Å²) in [6.07, 6.45) is 0. The molecule has 0 aliphatic carbocycles. The first-order valence-corrected chi connectivity index (χ1v) is 6.52. The topological polar surface area (TPSA) is 86.0 Å². The highest BCUT2D eigenvalue weighted by Gasteiger charge is 2.08. The Hall–Kier alpha value is -2.89. The number of nitrogen functional groups attached to an aromatic ring is 1. The molecule has 1 aromatic carbocycles. The summed E-state index contributed by atoms with van der Waals surface area (Å²) >= 11 is 0. The van der Waals surface area contributed by atoms with Gasteiger partial charge in [-0.1, -0.05) is 18.2 Å². The zero-order valence-corrected chi connectivity index (χ0v) is 11.8. The first-order valence-electron chi connectivity index (χ1n) is 6.52. The smallest absolute Gasteiger partial charge is 0.226 e. The van der Waals surface area contributed by atoms with Gasteiger partial charge >= 0.3 is 0 Å². The van der Waals surface area contributed by atoms with Crippen molar-refractivity contribution in [3.63, 3.8) is 0 Å². The van der Waals surface area contributed by atoms with Gasteiger partial charge in [-0.05, 0) is 19.1 Å². The highest BCUT2D eigenvalue weighted by atomic mass is 16.5. The molecule has 0 amide bonds. The van der Waals surface area contributed by atoms with Crippen LogP contribution in [0.4, 0.5) is 11.8 Å². The molecule has 0 aliphatic rings. The molecule has 0 spiro atoms. The van der Waals surface area contributed by atoms with Crippen LogP contribution >= 0.6 is 0 Å². The van der Waals surface area contributed by atoms with Gasteiger partial charge in [-0.2, -0.15) is 9.97 Å². The summed E-state index contributed by atoms with van der Waals surface area (Å²) in [5.41, 5.74) is 7.39. The molecule has 6 nitrogen and oxygen atoms in total. The van der Waals surface area contributed by atoms with E-state index in [0.717, 1.165) is 16.6 Å². The molecule has 3 aromatic rings. The summed E-state index contributed by atoms with van der Waals surface area (Å²) in [6, 6.07) is 11.4. The fourth-order valence-electron chi connectivity index (χ4n) is 2.04. The van der Waals surface area contributed by atoms with Crippen LogP contribution in [0.2, 0.25) is 0 Å². The van der Waals surface area contributed by atoms with E-state index in [1.165, 1.54) is 0 Å². The molecular weight excluding hydrogens is 266 g/mol. The Labute approximate surface area is 122 Å². The summed E-state index contributed by atoms with van der Waals surface area (Å²) in [7, 11) is 1.76. The molecule has 0 saturated heterocycles. The minimum absolute atomic E-state index is 0.154. The van der Waals surface area contributed by atoms with Crippen molar-refractivity contribution < 1.29 is 4.74 Å². The lowest BCUT2D eigenvalue weighted by Gasteiger charge is -2.09. The molecule has 3 rings (SSSR count). The largest absolute Gasteiger partial charge is 0.436 e. The third-order valence-corrected chi connectivity index (χ3v) is 3.01. The number of aromatic nitrogens is 3. The van der Waals surface area contributed by atoms with Gasteiger partial charge in [-0.15, -0.1) is 0 Å². The average molecular weight is 281 g/mol. The van der Waals surface area contributed by atoms with E-state index in [1.54, 1.807) is 13.1 Å². The van der Waals surface area contributed by atoms with Crippen molar-refractivity contribution in [3.05, 3.63) is 42.1 Å². The van der Waals surface area contributed by atoms with E-state index in [2.05, 4.69) is 20.3 Å². The van der Waals surface area contributed by atoms with Crippen LogP contribution < -0.4 is 15.8 Å². The van der Waals surface area contributed by atoms with Crippen LogP contribution in [0.25, 0.3) is 10.9 Å². The Bertz CT molecular complexity index is 803. The first kappa shape index (κ1) is 13.1. The standard InChI is InChI=1S/C15H15N5O/c1-9-6-7-10-4-3-5-11(14(10)18-9)21-13-8-12(17-2)19-15(16)20-13/h3-8H,1-2H3,(H3,16,17,19,20). The summed E-state index contributed by atoms with van der Waals surface area (Å²) in [5.74, 6) is 1.77. The lowest BCUT2D eigenvalue weighted by atomic mass is 10.2. The molecule has 21 heavy (non-hydrogen) atoms. The summed E-state index contributed by atoms with van der Waals surface area (Å²) in [5, 5.41) is 3.92. The van der Waals surface area contributed by atoms with Crippen LogP contribution in [0.15, 0.2) is 36.4 Å². The number of nitrogens with zero attached hydrogens (tertiary/aromatic N) is 3. The molecular formula is C15H15N5O. The van der Waals surface area contributed by atoms with Crippen LogP contribution in [-0.4, -0.2) is 22.0 Å². The second kappa shape index (κ2) is 5.24. The SMILES string of the molecule is CNc1cc(Oc2cccc3ccc(C)nc23)nc(N)n1. The van der Waals surface area contributed by atoms with E-state index in [0.29, 0.717) is 17.4 Å². The molecule has 2 aromatic heterocycles. The number of nitrogens with one attached hydrogen (secondary N) is 1. The number of para-hydroxylation sites is 1. The van der Waals surface area contributed by atoms with Crippen LogP contribution in [0.5, 0.6) is 11.6 Å². The Morgan fingerprint density at radius 2 is 1.95 bits per heavy atom. The van der Waals surface area contributed by atoms with Crippen LogP contribution in [-0.2, 0) is 0 Å². The van der Waals surface area contributed by atoms with Gasteiger partial charge in [-0.3, -0.25) is 0 Å². The van der Waals surface area contributed by atoms with Crippen molar-refractivity contribution >= 4 is 22.7 Å². The normalized spacial score (nSPS) is 10.6. The minimum Gasteiger partial charge on any atom is -0.436 e. The Balaban J connectivity index is 2.05. The van der Waals surface area contributed by atoms with Gasteiger partial charge in [0.1, 0.15) is 11.3 Å². The number of ether oxygens (including phenoxy) is 1. The number of hydrogen-bond donors (Lipinski definition) is 2. The molecule has 0 aliphatic heterocycles. The highest BCUT2D eigenvalue weighted by molar-refractivity contribution is 5.84. The summed E-state index contributed by atoms with van der Waals surface area (Å²) in [4.78, 5) is 12.6. The molecule has 0 radical (unpaired) electrons. The predicted octanol–water partition coefficient (Wildman–Crippen LogP) is 2.75. The van der Waals surface area contributed by atoms with E-state index in [-0.39, 0.29) is 5.95 Å². The number of fused-ring (bicyclic) bond motifs is 1. The lowest BCUT2D eigenvalue weighted by Crippen LogP contribution is -2.01. The number of benzene rings is 1. The van der Waals surface area contributed by atoms with Crippen LogP contribution in [0.1, 0.15) is 5.69 Å². The second-order valence-electron chi connectivity index (χ2n) is 4.58. The van der Waals surface area contributed by atoms with Crippen molar-refractivity contribution in [1.29, 1.82) is 0 Å². The maximum absolute atomic E-state index is 5.84. The van der Waals surface area contributed by atoms with E-state index >= 15 is 0 Å². The van der Waals surface area contributed by atoms with Crippen molar-refractivity contribution in [1.82, 2.24) is 15.0 Å². The molecule has 0 fully saturated rings. The molecule has 3 N–H and O–H groups in total. The Morgan fingerprint density at radius 3 is 2.76 bits per heavy atom. The maximum atomic E-state index is 5.84. The highest BCUT2D eigenvalue weighted by Crippen LogP contribution is 2.28. The van der Waals surface area contributed by atoms with Gasteiger partial charge in [0, 0.05) is 24.2 Å². The van der Waals surface area contributed by atoms with Gasteiger partial charge in [0.05, 0.1) is 0 Å². The second-order valence-corrected chi connectivity index (χ2v) is 4.58. The van der Waals surface area contributed by atoms with Gasteiger partial charge in [0.15, 0.2) is 5.75 Å². The number of pyridine rings is 1. The Morgan fingerprint density at radius 1 is 1.10 bits per heavy atom. The minimum atomic E-state index is 0.154. The fourth-order valence-corrected chi connectivity index (χ4v) is 2.04. The predicted molar refractivity (Wildman–Crippen MR) is 82.5 cm³/mol. The van der Waals surface area contributed by atoms with Crippen molar-refractivity contribution in [2.24, 2.45) is 0 Å². The average Bonchev–Trinajstić information content (AvgIpc) is 2.47. The molecule has 0 saturated carbocycles. The van der Waals surface area contributed by atoms with E-state index < -0.39 is 0 Å². The van der Waals surface area contributed by atoms with Crippen LogP contribution in [0, 0.1) is 6.92 Å². The fraction of sp³-hybridized carbons (Fsp3) is 0.133. The Kier molecular flexibility index (Phi) is 3.27. The molecule has 2 heterocycles. The number of rotatable bonds is 3. The van der Waals surface area contributed by atoms with Crippen molar-refractivity contribution in [2.75, 3.05) is 18.1 Å². The van der Waals surface area contributed by atoms with Gasteiger partial charge in [0.2, 0.25) is 11.8 Å². The number of anilines is 2. The lowest BCUT2D eigenvalue weighted by molar-refractivity contribution is 0.467. The van der Waals surface area contributed by atoms with Gasteiger partial charge in [0.25, 0.3) is 0 Å². The monoisotopic (exact) mass is 281 g/mol. The van der Waals surface area contributed by atoms with E-state index in [9.17, 15) is 0 Å². The zero-order chi connectivity index (χ0) is 14.8. The van der Waals surface area contributed by atoms with Gasteiger partial charge in [-0.25, -0.2) is 4.98 Å². The summed E-state index contributed by atoms with van der Waals surface area (Å²) < 4.78 is 5.84. The molecule has 106 valence electrons. The number of nitrogens with two attached hydrogens (primary N) is 1. The molecule has 6 heteroatoms. The van der Waals surface area contributed by atoms with Crippen molar-refractivity contribution in [2.45, 2.75) is 6.92 Å². The summed E-state index contributed by atoms with van der Waals surface area (Å²) in [6.45, 7) is 1.94. The maximum Gasteiger partial charge on any atom is 0.226 e. The molecule has 0 bridgehead atoms. The van der Waals surface area contributed by atoms with E-state index in [4.69, 9.17) is 10.5 Å². The van der Waals surface area contributed by atoms with Crippen molar-refractivity contribution in [3.8, 4) is 11.6 Å². The van der Waals surface area contributed by atoms with Crippen LogP contribution in [0.3, 0.4) is 0 Å². The quantitative estimate of drug-likeness (QED) is 0.767. The van der Waals surface area contributed by atoms with E-state index in [1.807, 2.05) is 37.3 Å². The number of hydrogen-bond acceptors (Lipinski definition) is 6.